The quantitative estimate of drug-likeness (QED) is 0.801. The summed E-state index contributed by atoms with van der Waals surface area (Å²) in [7, 11) is 0. The predicted octanol–water partition coefficient (Wildman–Crippen LogP) is 3.17. The number of aliphatic hydroxyl groups excluding tert-OH is 1. The van der Waals surface area contributed by atoms with Gasteiger partial charge in [0.25, 0.3) is 5.91 Å². The highest BCUT2D eigenvalue weighted by Crippen LogP contribution is 2.16. The number of nitrogens with zero attached hydrogens (tertiary/aromatic N) is 1. The first-order valence-electron chi connectivity index (χ1n) is 7.17. The van der Waals surface area contributed by atoms with Crippen LogP contribution in [0.25, 0.3) is 0 Å². The molecule has 0 bridgehead atoms. The summed E-state index contributed by atoms with van der Waals surface area (Å²) in [5.74, 6) is 0.977. The maximum absolute atomic E-state index is 12.6. The lowest BCUT2D eigenvalue weighted by molar-refractivity contribution is 0.0622. The molecule has 1 N–H and O–H groups in total. The zero-order chi connectivity index (χ0) is 15.0. The Morgan fingerprint density at radius 1 is 1.25 bits per heavy atom. The summed E-state index contributed by atoms with van der Waals surface area (Å²) in [5, 5.41) is 9.19. The number of hydrogen-bond acceptors (Lipinski definition) is 3. The van der Waals surface area contributed by atoms with Gasteiger partial charge in [0.1, 0.15) is 0 Å². The fraction of sp³-hybridized carbons (Fsp3) is 0.562. The molecule has 0 aliphatic rings. The monoisotopic (exact) mass is 295 g/mol. The van der Waals surface area contributed by atoms with Gasteiger partial charge in [0.15, 0.2) is 0 Å². The molecule has 0 aliphatic carbocycles. The van der Waals surface area contributed by atoms with Crippen molar-refractivity contribution in [1.82, 2.24) is 4.90 Å². The molecule has 1 aromatic rings. The second-order valence-corrected chi connectivity index (χ2v) is 5.69. The van der Waals surface area contributed by atoms with Crippen LogP contribution in [0.1, 0.15) is 42.6 Å². The lowest BCUT2D eigenvalue weighted by atomic mass is 10.1. The molecule has 0 unspecified atom stereocenters. The first-order chi connectivity index (χ1) is 9.67. The summed E-state index contributed by atoms with van der Waals surface area (Å²) in [5.41, 5.74) is 1.93. The van der Waals surface area contributed by atoms with E-state index in [1.165, 1.54) is 5.56 Å². The first-order valence-corrected chi connectivity index (χ1v) is 8.56. The van der Waals surface area contributed by atoms with Crippen molar-refractivity contribution in [3.63, 3.8) is 0 Å². The molecule has 3 nitrogen and oxygen atoms in total. The average Bonchev–Trinajstić information content (AvgIpc) is 2.48. The van der Waals surface area contributed by atoms with Crippen molar-refractivity contribution in [2.45, 2.75) is 38.5 Å². The molecule has 1 rings (SSSR count). The Kier molecular flexibility index (Phi) is 7.70. The smallest absolute Gasteiger partial charge is 0.254 e. The van der Waals surface area contributed by atoms with E-state index in [1.54, 1.807) is 16.7 Å². The van der Waals surface area contributed by atoms with Gasteiger partial charge in [-0.2, -0.15) is 11.8 Å². The van der Waals surface area contributed by atoms with Gasteiger partial charge in [-0.1, -0.05) is 26.0 Å². The van der Waals surface area contributed by atoms with Gasteiger partial charge < -0.3 is 10.0 Å². The third-order valence-electron chi connectivity index (χ3n) is 3.50. The van der Waals surface area contributed by atoms with Gasteiger partial charge in [-0.05, 0) is 36.8 Å². The molecule has 112 valence electrons. The van der Waals surface area contributed by atoms with Crippen LogP contribution in [0.2, 0.25) is 0 Å². The number of rotatable bonds is 8. The summed E-state index contributed by atoms with van der Waals surface area (Å²) in [4.78, 5) is 14.4. The van der Waals surface area contributed by atoms with Gasteiger partial charge >= 0.3 is 0 Å². The van der Waals surface area contributed by atoms with Crippen LogP contribution >= 0.6 is 11.8 Å². The number of amides is 1. The molecule has 1 aromatic carbocycles. The van der Waals surface area contributed by atoms with Crippen molar-refractivity contribution >= 4 is 17.7 Å². The van der Waals surface area contributed by atoms with Crippen LogP contribution in [0, 0.1) is 0 Å². The van der Waals surface area contributed by atoms with Gasteiger partial charge in [-0.25, -0.2) is 0 Å². The molecule has 0 saturated heterocycles. The second-order valence-electron chi connectivity index (χ2n) is 4.82. The van der Waals surface area contributed by atoms with Crippen molar-refractivity contribution in [2.75, 3.05) is 19.4 Å². The van der Waals surface area contributed by atoms with Crippen LogP contribution in [0.15, 0.2) is 24.3 Å². The van der Waals surface area contributed by atoms with Crippen molar-refractivity contribution in [1.29, 1.82) is 0 Å². The molecule has 0 aromatic heterocycles. The highest BCUT2D eigenvalue weighted by molar-refractivity contribution is 7.97. The Hall–Kier alpha value is -1.00. The minimum absolute atomic E-state index is 0.00674. The summed E-state index contributed by atoms with van der Waals surface area (Å²) in [6.07, 6.45) is 3.88. The Bertz CT molecular complexity index is 401. The Balaban J connectivity index is 2.87. The number of benzene rings is 1. The van der Waals surface area contributed by atoms with E-state index in [1.807, 2.05) is 24.3 Å². The lowest BCUT2D eigenvalue weighted by Crippen LogP contribution is -2.41. The molecule has 1 amide bonds. The van der Waals surface area contributed by atoms with Crippen molar-refractivity contribution in [2.24, 2.45) is 0 Å². The van der Waals surface area contributed by atoms with E-state index in [0.29, 0.717) is 12.1 Å². The third kappa shape index (κ3) is 4.53. The standard InChI is InChI=1S/C16H25NO2S/c1-4-15(5-2)17(10-11-18)16(19)14-8-6-13(7-9-14)12-20-3/h6-9,15,18H,4-5,10-12H2,1-3H3. The van der Waals surface area contributed by atoms with Crippen molar-refractivity contribution < 1.29 is 9.90 Å². The van der Waals surface area contributed by atoms with Gasteiger partial charge in [-0.15, -0.1) is 0 Å². The Labute approximate surface area is 126 Å². The molecule has 0 atom stereocenters. The minimum atomic E-state index is 0.00674. The van der Waals surface area contributed by atoms with Crippen LogP contribution in [0.5, 0.6) is 0 Å². The molecular formula is C16H25NO2S. The zero-order valence-electron chi connectivity index (χ0n) is 12.6. The molecule has 0 aliphatic heterocycles. The summed E-state index contributed by atoms with van der Waals surface area (Å²) >= 11 is 1.77. The fourth-order valence-corrected chi connectivity index (χ4v) is 2.89. The molecular weight excluding hydrogens is 270 g/mol. The van der Waals surface area contributed by atoms with Gasteiger partial charge in [0, 0.05) is 23.9 Å². The van der Waals surface area contributed by atoms with E-state index in [4.69, 9.17) is 0 Å². The fourth-order valence-electron chi connectivity index (χ4n) is 2.36. The maximum Gasteiger partial charge on any atom is 0.254 e. The van der Waals surface area contributed by atoms with E-state index in [-0.39, 0.29) is 18.6 Å². The summed E-state index contributed by atoms with van der Waals surface area (Å²) in [6.45, 7) is 4.56. The highest BCUT2D eigenvalue weighted by Gasteiger charge is 2.21. The molecule has 0 saturated carbocycles. The molecule has 20 heavy (non-hydrogen) atoms. The maximum atomic E-state index is 12.6. The van der Waals surface area contributed by atoms with E-state index in [9.17, 15) is 9.90 Å². The van der Waals surface area contributed by atoms with Gasteiger partial charge in [-0.3, -0.25) is 4.79 Å². The van der Waals surface area contributed by atoms with E-state index in [0.717, 1.165) is 18.6 Å². The molecule has 0 heterocycles. The van der Waals surface area contributed by atoms with Crippen LogP contribution < -0.4 is 0 Å². The molecule has 0 radical (unpaired) electrons. The molecule has 4 heteroatoms. The predicted molar refractivity (Wildman–Crippen MR) is 86.2 cm³/mol. The second kappa shape index (κ2) is 9.03. The minimum Gasteiger partial charge on any atom is -0.395 e. The van der Waals surface area contributed by atoms with Crippen molar-refractivity contribution in [3.05, 3.63) is 35.4 Å². The number of carbonyl (C=O) groups excluding carboxylic acids is 1. The highest BCUT2D eigenvalue weighted by atomic mass is 32.2. The van der Waals surface area contributed by atoms with E-state index < -0.39 is 0 Å². The summed E-state index contributed by atoms with van der Waals surface area (Å²) < 4.78 is 0. The molecule has 0 spiro atoms. The Morgan fingerprint density at radius 2 is 1.85 bits per heavy atom. The number of thioether (sulfide) groups is 1. The topological polar surface area (TPSA) is 40.5 Å². The van der Waals surface area contributed by atoms with E-state index >= 15 is 0 Å². The average molecular weight is 295 g/mol. The lowest BCUT2D eigenvalue weighted by Gasteiger charge is -2.30. The van der Waals surface area contributed by atoms with Crippen LogP contribution in [-0.4, -0.2) is 41.4 Å². The van der Waals surface area contributed by atoms with Crippen LogP contribution in [-0.2, 0) is 5.75 Å². The first kappa shape index (κ1) is 17.1. The summed E-state index contributed by atoms with van der Waals surface area (Å²) in [6, 6.07) is 7.99. The number of hydrogen-bond donors (Lipinski definition) is 1. The van der Waals surface area contributed by atoms with E-state index in [2.05, 4.69) is 20.1 Å². The SMILES string of the molecule is CCC(CC)N(CCO)C(=O)c1ccc(CSC)cc1. The van der Waals surface area contributed by atoms with Gasteiger partial charge in [0.2, 0.25) is 0 Å². The third-order valence-corrected chi connectivity index (χ3v) is 4.12. The molecule has 0 fully saturated rings. The number of carbonyl (C=O) groups is 1. The Morgan fingerprint density at radius 3 is 2.30 bits per heavy atom. The normalized spacial score (nSPS) is 10.8. The largest absolute Gasteiger partial charge is 0.395 e. The zero-order valence-corrected chi connectivity index (χ0v) is 13.4. The van der Waals surface area contributed by atoms with Crippen LogP contribution in [0.3, 0.4) is 0 Å². The van der Waals surface area contributed by atoms with Crippen LogP contribution in [0.4, 0.5) is 0 Å². The number of aliphatic hydroxyl groups is 1. The van der Waals surface area contributed by atoms with Crippen molar-refractivity contribution in [3.8, 4) is 0 Å². The van der Waals surface area contributed by atoms with Gasteiger partial charge in [0.05, 0.1) is 6.61 Å².